The molecule has 2 aromatic carbocycles. The van der Waals surface area contributed by atoms with Crippen LogP contribution in [0.15, 0.2) is 41.3 Å². The van der Waals surface area contributed by atoms with E-state index < -0.39 is 33.4 Å². The van der Waals surface area contributed by atoms with Gasteiger partial charge in [-0.15, -0.1) is 0 Å². The topological polar surface area (TPSA) is 137 Å². The van der Waals surface area contributed by atoms with Gasteiger partial charge in [-0.25, -0.2) is 22.7 Å². The fourth-order valence-corrected chi connectivity index (χ4v) is 2.89. The van der Waals surface area contributed by atoms with Gasteiger partial charge in [-0.1, -0.05) is 0 Å². The summed E-state index contributed by atoms with van der Waals surface area (Å²) in [5.41, 5.74) is -0.963. The predicted octanol–water partition coefficient (Wildman–Crippen LogP) is 3.08. The maximum Gasteiger partial charge on any atom is 0.412 e. The molecule has 2 rings (SSSR count). The first-order valence-corrected chi connectivity index (χ1v) is 10.2. The SMILES string of the molecule is COc1ccc(S(N)(=O)=O)cc1C(=O)Nc1ccc(F)c(NC(=O)OC(C)(C)C)c1. The Morgan fingerprint density at radius 2 is 1.73 bits per heavy atom. The summed E-state index contributed by atoms with van der Waals surface area (Å²) in [7, 11) is -2.74. The van der Waals surface area contributed by atoms with Crippen LogP contribution in [0.3, 0.4) is 0 Å². The van der Waals surface area contributed by atoms with Crippen LogP contribution in [0.1, 0.15) is 31.1 Å². The number of benzene rings is 2. The van der Waals surface area contributed by atoms with Gasteiger partial charge in [0.2, 0.25) is 10.0 Å². The number of sulfonamides is 1. The molecular weight excluding hydrogens is 417 g/mol. The van der Waals surface area contributed by atoms with Gasteiger partial charge in [0.25, 0.3) is 5.91 Å². The first-order valence-electron chi connectivity index (χ1n) is 8.62. The van der Waals surface area contributed by atoms with E-state index in [1.54, 1.807) is 20.8 Å². The molecule has 0 heterocycles. The second-order valence-electron chi connectivity index (χ2n) is 7.18. The van der Waals surface area contributed by atoms with E-state index in [9.17, 15) is 22.4 Å². The van der Waals surface area contributed by atoms with Crippen LogP contribution >= 0.6 is 0 Å². The maximum absolute atomic E-state index is 14.0. The predicted molar refractivity (Wildman–Crippen MR) is 109 cm³/mol. The molecule has 0 unspecified atom stereocenters. The number of hydrogen-bond acceptors (Lipinski definition) is 6. The summed E-state index contributed by atoms with van der Waals surface area (Å²) in [6, 6.07) is 7.05. The van der Waals surface area contributed by atoms with E-state index in [1.807, 2.05) is 0 Å². The summed E-state index contributed by atoms with van der Waals surface area (Å²) in [5, 5.41) is 9.85. The van der Waals surface area contributed by atoms with Gasteiger partial charge in [-0.05, 0) is 57.2 Å². The molecule has 9 nitrogen and oxygen atoms in total. The molecule has 0 aliphatic carbocycles. The largest absolute Gasteiger partial charge is 0.496 e. The Hall–Kier alpha value is -3.18. The molecule has 11 heteroatoms. The molecule has 0 saturated heterocycles. The summed E-state index contributed by atoms with van der Waals surface area (Å²) in [5.74, 6) is -1.37. The van der Waals surface area contributed by atoms with Gasteiger partial charge >= 0.3 is 6.09 Å². The lowest BCUT2D eigenvalue weighted by atomic mass is 10.1. The molecule has 162 valence electrons. The van der Waals surface area contributed by atoms with Crippen molar-refractivity contribution in [2.45, 2.75) is 31.3 Å². The van der Waals surface area contributed by atoms with Crippen molar-refractivity contribution >= 4 is 33.4 Å². The molecular formula is C19H22FN3O6S. The van der Waals surface area contributed by atoms with Crippen molar-refractivity contribution in [3.8, 4) is 5.75 Å². The maximum atomic E-state index is 14.0. The highest BCUT2D eigenvalue weighted by Crippen LogP contribution is 2.25. The van der Waals surface area contributed by atoms with Crippen LogP contribution in [0.4, 0.5) is 20.6 Å². The molecule has 0 aliphatic rings. The van der Waals surface area contributed by atoms with E-state index in [1.165, 1.54) is 31.4 Å². The second kappa shape index (κ2) is 8.67. The van der Waals surface area contributed by atoms with Crippen molar-refractivity contribution in [3.05, 3.63) is 47.8 Å². The Morgan fingerprint density at radius 3 is 2.30 bits per heavy atom. The van der Waals surface area contributed by atoms with E-state index in [2.05, 4.69) is 10.6 Å². The van der Waals surface area contributed by atoms with Gasteiger partial charge in [0.05, 0.1) is 23.3 Å². The van der Waals surface area contributed by atoms with E-state index in [-0.39, 0.29) is 27.6 Å². The van der Waals surface area contributed by atoms with Gasteiger partial charge in [0.1, 0.15) is 17.2 Å². The molecule has 0 spiro atoms. The Balaban J connectivity index is 2.29. The van der Waals surface area contributed by atoms with Gasteiger partial charge in [-0.2, -0.15) is 0 Å². The number of halogens is 1. The Morgan fingerprint density at radius 1 is 1.07 bits per heavy atom. The number of nitrogens with one attached hydrogen (secondary N) is 2. The van der Waals surface area contributed by atoms with Crippen molar-refractivity contribution < 1.29 is 31.9 Å². The quantitative estimate of drug-likeness (QED) is 0.655. The molecule has 0 atom stereocenters. The minimum atomic E-state index is -4.04. The normalized spacial score (nSPS) is 11.5. The molecule has 0 bridgehead atoms. The average molecular weight is 439 g/mol. The smallest absolute Gasteiger partial charge is 0.412 e. The zero-order chi connectivity index (χ0) is 22.7. The summed E-state index contributed by atoms with van der Waals surface area (Å²) in [6.07, 6.45) is -0.868. The third kappa shape index (κ3) is 6.16. The van der Waals surface area contributed by atoms with Gasteiger partial charge < -0.3 is 14.8 Å². The molecule has 4 N–H and O–H groups in total. The van der Waals surface area contributed by atoms with Crippen molar-refractivity contribution in [1.29, 1.82) is 0 Å². The fraction of sp³-hybridized carbons (Fsp3) is 0.263. The first kappa shape index (κ1) is 23.1. The fourth-order valence-electron chi connectivity index (χ4n) is 2.35. The lowest BCUT2D eigenvalue weighted by molar-refractivity contribution is 0.0635. The Kier molecular flexibility index (Phi) is 6.68. The summed E-state index contributed by atoms with van der Waals surface area (Å²) in [6.45, 7) is 4.97. The van der Waals surface area contributed by atoms with Crippen LogP contribution in [0.5, 0.6) is 5.75 Å². The summed E-state index contributed by atoms with van der Waals surface area (Å²) in [4.78, 5) is 24.2. The third-order valence-corrected chi connectivity index (χ3v) is 4.51. The number of rotatable bonds is 5. The Labute approximate surface area is 173 Å². The number of ether oxygens (including phenoxy) is 2. The van der Waals surface area contributed by atoms with Crippen LogP contribution in [0, 0.1) is 5.82 Å². The second-order valence-corrected chi connectivity index (χ2v) is 8.74. The lowest BCUT2D eigenvalue weighted by Crippen LogP contribution is -2.27. The lowest BCUT2D eigenvalue weighted by Gasteiger charge is -2.20. The standard InChI is InChI=1S/C19H22FN3O6S/c1-19(2,3)29-18(25)23-15-9-11(5-7-14(15)20)22-17(24)13-10-12(30(21,26)27)6-8-16(13)28-4/h5-10H,1-4H3,(H,22,24)(H,23,25)(H2,21,26,27). The number of nitrogens with two attached hydrogens (primary N) is 1. The first-order chi connectivity index (χ1) is 13.8. The average Bonchev–Trinajstić information content (AvgIpc) is 2.61. The molecule has 0 fully saturated rings. The molecule has 0 radical (unpaired) electrons. The highest BCUT2D eigenvalue weighted by molar-refractivity contribution is 7.89. The molecule has 0 saturated carbocycles. The summed E-state index contributed by atoms with van der Waals surface area (Å²) < 4.78 is 47.3. The summed E-state index contributed by atoms with van der Waals surface area (Å²) >= 11 is 0. The minimum absolute atomic E-state index is 0.102. The van der Waals surface area contributed by atoms with Crippen LogP contribution in [0.25, 0.3) is 0 Å². The van der Waals surface area contributed by atoms with E-state index in [0.29, 0.717) is 0 Å². The number of carbonyl (C=O) groups is 2. The van der Waals surface area contributed by atoms with Gasteiger partial charge in [0, 0.05) is 5.69 Å². The van der Waals surface area contributed by atoms with Gasteiger partial charge in [0.15, 0.2) is 0 Å². The van der Waals surface area contributed by atoms with Crippen molar-refractivity contribution in [3.63, 3.8) is 0 Å². The number of primary sulfonamides is 1. The molecule has 2 aromatic rings. The number of carbonyl (C=O) groups excluding carboxylic acids is 2. The molecule has 0 aliphatic heterocycles. The number of hydrogen-bond donors (Lipinski definition) is 3. The van der Waals surface area contributed by atoms with Crippen LogP contribution in [-0.2, 0) is 14.8 Å². The zero-order valence-electron chi connectivity index (χ0n) is 16.8. The number of methoxy groups -OCH3 is 1. The molecule has 0 aromatic heterocycles. The van der Waals surface area contributed by atoms with Gasteiger partial charge in [-0.3, -0.25) is 10.1 Å². The van der Waals surface area contributed by atoms with Crippen LogP contribution in [0.2, 0.25) is 0 Å². The highest BCUT2D eigenvalue weighted by atomic mass is 32.2. The van der Waals surface area contributed by atoms with Crippen LogP contribution < -0.4 is 20.5 Å². The van der Waals surface area contributed by atoms with Crippen LogP contribution in [-0.4, -0.2) is 33.1 Å². The Bertz CT molecular complexity index is 1080. The van der Waals surface area contributed by atoms with Crippen molar-refractivity contribution in [2.24, 2.45) is 5.14 Å². The third-order valence-electron chi connectivity index (χ3n) is 3.60. The zero-order valence-corrected chi connectivity index (χ0v) is 17.6. The van der Waals surface area contributed by atoms with Crippen molar-refractivity contribution in [2.75, 3.05) is 17.7 Å². The number of amides is 2. The molecule has 30 heavy (non-hydrogen) atoms. The molecule has 2 amide bonds. The van der Waals surface area contributed by atoms with Crippen molar-refractivity contribution in [1.82, 2.24) is 0 Å². The minimum Gasteiger partial charge on any atom is -0.496 e. The van der Waals surface area contributed by atoms with E-state index in [0.717, 1.165) is 12.1 Å². The van der Waals surface area contributed by atoms with E-state index in [4.69, 9.17) is 14.6 Å². The van der Waals surface area contributed by atoms with E-state index >= 15 is 0 Å². The highest BCUT2D eigenvalue weighted by Gasteiger charge is 2.20. The monoisotopic (exact) mass is 439 g/mol. The number of anilines is 2.